The van der Waals surface area contributed by atoms with Crippen molar-refractivity contribution in [2.75, 3.05) is 0 Å². The number of rotatable bonds is 8. The third-order valence-electron chi connectivity index (χ3n) is 4.85. The van der Waals surface area contributed by atoms with Gasteiger partial charge in [-0.15, -0.1) is 0 Å². The highest BCUT2D eigenvalue weighted by molar-refractivity contribution is 5.80. The van der Waals surface area contributed by atoms with E-state index in [0.29, 0.717) is 6.42 Å². The second-order valence-corrected chi connectivity index (χ2v) is 7.63. The van der Waals surface area contributed by atoms with Crippen molar-refractivity contribution in [2.45, 2.75) is 72.9 Å². The molecule has 0 aromatic rings. The highest BCUT2D eigenvalue weighted by Gasteiger charge is 2.50. The van der Waals surface area contributed by atoms with Crippen LogP contribution in [0.5, 0.6) is 0 Å². The van der Waals surface area contributed by atoms with E-state index in [-0.39, 0.29) is 11.8 Å². The van der Waals surface area contributed by atoms with Gasteiger partial charge >= 0.3 is 11.9 Å². The minimum atomic E-state index is -1.49. The van der Waals surface area contributed by atoms with Crippen molar-refractivity contribution < 1.29 is 19.8 Å². The lowest BCUT2D eigenvalue weighted by Gasteiger charge is -2.40. The zero-order valence-corrected chi connectivity index (χ0v) is 15.0. The molecule has 6 heteroatoms. The quantitative estimate of drug-likeness (QED) is 0.664. The summed E-state index contributed by atoms with van der Waals surface area (Å²) in [6.07, 6.45) is 0.295. The maximum atomic E-state index is 11.8. The van der Waals surface area contributed by atoms with Crippen LogP contribution in [0.4, 0.5) is 0 Å². The van der Waals surface area contributed by atoms with Crippen LogP contribution in [0.2, 0.25) is 0 Å². The number of aliphatic carboxylic acids is 2. The molecule has 0 aliphatic rings. The van der Waals surface area contributed by atoms with E-state index in [1.54, 1.807) is 0 Å². The normalized spacial score (nSPS) is 18.5. The van der Waals surface area contributed by atoms with Crippen molar-refractivity contribution in [3.05, 3.63) is 0 Å². The maximum Gasteiger partial charge on any atom is 0.333 e. The summed E-state index contributed by atoms with van der Waals surface area (Å²) in [5.74, 6) is -2.06. The third-order valence-corrected chi connectivity index (χ3v) is 4.85. The van der Waals surface area contributed by atoms with Crippen LogP contribution in [0.1, 0.15) is 61.8 Å². The summed E-state index contributed by atoms with van der Waals surface area (Å²) < 4.78 is 0. The van der Waals surface area contributed by atoms with E-state index in [2.05, 4.69) is 10.2 Å². The smallest absolute Gasteiger partial charge is 0.333 e. The summed E-state index contributed by atoms with van der Waals surface area (Å²) in [5.41, 5.74) is -3.59. The van der Waals surface area contributed by atoms with Crippen LogP contribution in [-0.2, 0) is 9.59 Å². The Morgan fingerprint density at radius 2 is 1.36 bits per heavy atom. The summed E-state index contributed by atoms with van der Waals surface area (Å²) in [6.45, 7) is 14.2. The van der Waals surface area contributed by atoms with E-state index in [1.165, 1.54) is 13.8 Å². The van der Waals surface area contributed by atoms with Crippen molar-refractivity contribution in [2.24, 2.45) is 27.5 Å². The molecule has 0 spiro atoms. The topological polar surface area (TPSA) is 99.3 Å². The average Bonchev–Trinajstić information content (AvgIpc) is 2.34. The molecule has 0 aliphatic carbocycles. The lowest BCUT2D eigenvalue weighted by Crippen LogP contribution is -2.50. The molecule has 2 unspecified atom stereocenters. The number of carboxylic acids is 2. The van der Waals surface area contributed by atoms with Crippen molar-refractivity contribution in [3.8, 4) is 0 Å². The maximum absolute atomic E-state index is 11.8. The molecule has 0 aliphatic heterocycles. The van der Waals surface area contributed by atoms with E-state index in [4.69, 9.17) is 0 Å². The fourth-order valence-electron chi connectivity index (χ4n) is 2.19. The number of azo groups is 1. The number of hydrogen-bond acceptors (Lipinski definition) is 4. The Labute approximate surface area is 133 Å². The molecule has 0 fully saturated rings. The van der Waals surface area contributed by atoms with Gasteiger partial charge in [0.25, 0.3) is 0 Å². The van der Waals surface area contributed by atoms with Crippen LogP contribution in [0.3, 0.4) is 0 Å². The molecule has 0 heterocycles. The molecule has 0 saturated heterocycles. The van der Waals surface area contributed by atoms with E-state index < -0.39 is 28.4 Å². The average molecular weight is 314 g/mol. The SMILES string of the molecule is CC(C)CC(C)(N=NC(C)(C(=O)O)C(C)(C)C(C)C)C(=O)O. The first-order valence-electron chi connectivity index (χ1n) is 7.61. The summed E-state index contributed by atoms with van der Waals surface area (Å²) in [4.78, 5) is 23.3. The lowest BCUT2D eigenvalue weighted by molar-refractivity contribution is -0.150. The number of carbonyl (C=O) groups is 2. The van der Waals surface area contributed by atoms with Gasteiger partial charge in [0.05, 0.1) is 0 Å². The predicted molar refractivity (Wildman–Crippen MR) is 85.0 cm³/mol. The Morgan fingerprint density at radius 3 is 1.64 bits per heavy atom. The van der Waals surface area contributed by atoms with E-state index in [1.807, 2.05) is 41.5 Å². The van der Waals surface area contributed by atoms with Crippen LogP contribution < -0.4 is 0 Å². The molecule has 128 valence electrons. The molecule has 0 radical (unpaired) electrons. The van der Waals surface area contributed by atoms with Crippen molar-refractivity contribution in [1.82, 2.24) is 0 Å². The Balaban J connectivity index is 5.86. The Kier molecular flexibility index (Phi) is 6.30. The number of hydrogen-bond donors (Lipinski definition) is 2. The second-order valence-electron chi connectivity index (χ2n) is 7.63. The van der Waals surface area contributed by atoms with Gasteiger partial charge in [0.2, 0.25) is 0 Å². The van der Waals surface area contributed by atoms with Crippen LogP contribution in [-0.4, -0.2) is 33.2 Å². The zero-order chi connectivity index (χ0) is 17.9. The van der Waals surface area contributed by atoms with Crippen LogP contribution in [0.25, 0.3) is 0 Å². The molecule has 2 N–H and O–H groups in total. The third kappa shape index (κ3) is 4.05. The van der Waals surface area contributed by atoms with Gasteiger partial charge in [-0.3, -0.25) is 0 Å². The molecule has 0 aromatic carbocycles. The molecule has 6 nitrogen and oxygen atoms in total. The highest BCUT2D eigenvalue weighted by Crippen LogP contribution is 2.42. The van der Waals surface area contributed by atoms with E-state index in [0.717, 1.165) is 0 Å². The molecule has 0 bridgehead atoms. The first kappa shape index (κ1) is 20.5. The van der Waals surface area contributed by atoms with Gasteiger partial charge in [0, 0.05) is 5.41 Å². The monoisotopic (exact) mass is 314 g/mol. The van der Waals surface area contributed by atoms with Crippen molar-refractivity contribution in [3.63, 3.8) is 0 Å². The highest BCUT2D eigenvalue weighted by atomic mass is 16.4. The predicted octanol–water partition coefficient (Wildman–Crippen LogP) is 3.85. The second kappa shape index (κ2) is 6.75. The molecule has 2 atom stereocenters. The summed E-state index contributed by atoms with van der Waals surface area (Å²) >= 11 is 0. The van der Waals surface area contributed by atoms with E-state index in [9.17, 15) is 19.8 Å². The first-order valence-corrected chi connectivity index (χ1v) is 7.61. The zero-order valence-electron chi connectivity index (χ0n) is 15.0. The van der Waals surface area contributed by atoms with Crippen LogP contribution >= 0.6 is 0 Å². The number of carboxylic acid groups (broad SMARTS) is 2. The Hall–Kier alpha value is -1.46. The molecule has 0 saturated carbocycles. The molecule has 0 amide bonds. The molecule has 0 rings (SSSR count). The largest absolute Gasteiger partial charge is 0.479 e. The Bertz CT molecular complexity index is 457. The van der Waals surface area contributed by atoms with E-state index >= 15 is 0 Å². The molecular weight excluding hydrogens is 284 g/mol. The van der Waals surface area contributed by atoms with Crippen molar-refractivity contribution in [1.29, 1.82) is 0 Å². The first-order chi connectivity index (χ1) is 9.70. The Morgan fingerprint density at radius 1 is 0.909 bits per heavy atom. The summed E-state index contributed by atoms with van der Waals surface area (Å²) in [6, 6.07) is 0. The fraction of sp³-hybridized carbons (Fsp3) is 0.875. The van der Waals surface area contributed by atoms with Crippen LogP contribution in [0.15, 0.2) is 10.2 Å². The van der Waals surface area contributed by atoms with Gasteiger partial charge in [-0.1, -0.05) is 41.5 Å². The minimum Gasteiger partial charge on any atom is -0.479 e. The van der Waals surface area contributed by atoms with Crippen LogP contribution in [0, 0.1) is 17.3 Å². The fourth-order valence-corrected chi connectivity index (χ4v) is 2.19. The minimum absolute atomic E-state index is 0.0359. The number of nitrogens with zero attached hydrogens (tertiary/aromatic N) is 2. The molecule has 0 aromatic heterocycles. The van der Waals surface area contributed by atoms with Crippen molar-refractivity contribution >= 4 is 11.9 Å². The standard InChI is InChI=1S/C16H30N2O4/c1-10(2)9-15(7,12(19)20)17-18-16(8,13(21)22)14(5,6)11(3)4/h10-11H,9H2,1-8H3,(H,19,20)(H,21,22). The molecular formula is C16H30N2O4. The van der Waals surface area contributed by atoms with Gasteiger partial charge in [0.15, 0.2) is 11.1 Å². The van der Waals surface area contributed by atoms with Gasteiger partial charge < -0.3 is 10.2 Å². The van der Waals surface area contributed by atoms with Gasteiger partial charge in [-0.25, -0.2) is 9.59 Å². The summed E-state index contributed by atoms with van der Waals surface area (Å²) in [7, 11) is 0. The molecule has 22 heavy (non-hydrogen) atoms. The van der Waals surface area contributed by atoms with Gasteiger partial charge in [-0.05, 0) is 32.1 Å². The lowest BCUT2D eigenvalue weighted by atomic mass is 9.66. The van der Waals surface area contributed by atoms with Gasteiger partial charge in [-0.2, -0.15) is 10.2 Å². The van der Waals surface area contributed by atoms with Gasteiger partial charge in [0.1, 0.15) is 0 Å². The summed E-state index contributed by atoms with van der Waals surface area (Å²) in [5, 5.41) is 27.1.